The maximum absolute atomic E-state index is 12.4. The molecule has 2 rings (SSSR count). The van der Waals surface area contributed by atoms with Crippen molar-refractivity contribution in [2.45, 2.75) is 18.2 Å². The predicted octanol–water partition coefficient (Wildman–Crippen LogP) is 3.27. The van der Waals surface area contributed by atoms with Crippen LogP contribution < -0.4 is 20.1 Å². The van der Waals surface area contributed by atoms with Crippen LogP contribution in [-0.2, 0) is 10.0 Å². The van der Waals surface area contributed by atoms with Gasteiger partial charge in [0.05, 0.1) is 17.6 Å². The van der Waals surface area contributed by atoms with Gasteiger partial charge >= 0.3 is 0 Å². The molecule has 0 aliphatic heterocycles. The van der Waals surface area contributed by atoms with Crippen molar-refractivity contribution >= 4 is 54.9 Å². The van der Waals surface area contributed by atoms with Crippen LogP contribution in [0.3, 0.4) is 0 Å². The maximum atomic E-state index is 12.4. The van der Waals surface area contributed by atoms with Gasteiger partial charge in [0, 0.05) is 16.7 Å². The lowest BCUT2D eigenvalue weighted by Gasteiger charge is -2.12. The summed E-state index contributed by atoms with van der Waals surface area (Å²) in [6.07, 6.45) is 0.704. The molecule has 1 amide bonds. The number of hydrogen-bond donors (Lipinski definition) is 3. The maximum Gasteiger partial charge on any atom is 0.261 e. The van der Waals surface area contributed by atoms with Crippen LogP contribution in [0.25, 0.3) is 0 Å². The van der Waals surface area contributed by atoms with Crippen LogP contribution in [0.2, 0.25) is 0 Å². The summed E-state index contributed by atoms with van der Waals surface area (Å²) in [7, 11) is -2.06. The van der Waals surface area contributed by atoms with E-state index in [9.17, 15) is 13.2 Å². The Balaban J connectivity index is 2.03. The van der Waals surface area contributed by atoms with Crippen molar-refractivity contribution < 1.29 is 17.9 Å². The average molecular weight is 486 g/mol. The smallest absolute Gasteiger partial charge is 0.261 e. The Bertz CT molecular complexity index is 963. The second-order valence-electron chi connectivity index (χ2n) is 5.68. The quantitative estimate of drug-likeness (QED) is 0.520. The molecule has 0 unspecified atom stereocenters. The number of ether oxygens (including phenoxy) is 1. The summed E-state index contributed by atoms with van der Waals surface area (Å²) in [6, 6.07) is 11.1. The number of methoxy groups -OCH3 is 1. The van der Waals surface area contributed by atoms with Gasteiger partial charge in [0.15, 0.2) is 5.11 Å². The minimum atomic E-state index is -3.53. The normalized spacial score (nSPS) is 11.0. The van der Waals surface area contributed by atoms with Crippen LogP contribution in [0, 0.1) is 0 Å². The lowest BCUT2D eigenvalue weighted by Crippen LogP contribution is -2.34. The number of hydrogen-bond acceptors (Lipinski definition) is 5. The third kappa shape index (κ3) is 5.99. The molecule has 7 nitrogen and oxygen atoms in total. The van der Waals surface area contributed by atoms with Gasteiger partial charge in [0.2, 0.25) is 10.0 Å². The molecule has 0 aliphatic rings. The highest BCUT2D eigenvalue weighted by molar-refractivity contribution is 9.10. The average Bonchev–Trinajstić information content (AvgIpc) is 2.66. The first-order valence-electron chi connectivity index (χ1n) is 8.32. The molecule has 28 heavy (non-hydrogen) atoms. The zero-order valence-electron chi connectivity index (χ0n) is 15.3. The first-order chi connectivity index (χ1) is 13.3. The minimum Gasteiger partial charge on any atom is -0.496 e. The SMILES string of the molecule is CCCNS(=O)(=O)c1ccc(NC(=S)NC(=O)c2cc(Br)ccc2OC)cc1. The zero-order valence-corrected chi connectivity index (χ0v) is 18.5. The van der Waals surface area contributed by atoms with Crippen LogP contribution in [0.1, 0.15) is 23.7 Å². The molecule has 0 aromatic heterocycles. The van der Waals surface area contributed by atoms with Gasteiger partial charge in [0.1, 0.15) is 5.75 Å². The Morgan fingerprint density at radius 3 is 2.46 bits per heavy atom. The van der Waals surface area contributed by atoms with Crippen molar-refractivity contribution in [3.05, 3.63) is 52.5 Å². The van der Waals surface area contributed by atoms with Crippen LogP contribution in [-0.4, -0.2) is 33.1 Å². The monoisotopic (exact) mass is 485 g/mol. The van der Waals surface area contributed by atoms with Gasteiger partial charge in [-0.2, -0.15) is 0 Å². The van der Waals surface area contributed by atoms with E-state index in [1.807, 2.05) is 6.92 Å². The van der Waals surface area contributed by atoms with Crippen molar-refractivity contribution in [3.8, 4) is 5.75 Å². The van der Waals surface area contributed by atoms with Crippen molar-refractivity contribution in [2.75, 3.05) is 19.0 Å². The molecular weight excluding hydrogens is 466 g/mol. The molecule has 0 atom stereocenters. The second-order valence-corrected chi connectivity index (χ2v) is 8.77. The first-order valence-corrected chi connectivity index (χ1v) is 11.0. The number of amides is 1. The molecule has 2 aromatic carbocycles. The second kappa shape index (κ2) is 9.97. The Labute approximate surface area is 178 Å². The fraction of sp³-hybridized carbons (Fsp3) is 0.222. The Hall–Kier alpha value is -2.01. The van der Waals surface area contributed by atoms with E-state index in [2.05, 4.69) is 31.3 Å². The molecule has 2 aromatic rings. The molecule has 0 radical (unpaired) electrons. The molecule has 0 spiro atoms. The van der Waals surface area contributed by atoms with E-state index in [4.69, 9.17) is 17.0 Å². The largest absolute Gasteiger partial charge is 0.496 e. The third-order valence-electron chi connectivity index (χ3n) is 3.60. The summed E-state index contributed by atoms with van der Waals surface area (Å²) >= 11 is 8.48. The number of carbonyl (C=O) groups excluding carboxylic acids is 1. The summed E-state index contributed by atoms with van der Waals surface area (Å²) in [5.74, 6) is -0.0174. The summed E-state index contributed by atoms with van der Waals surface area (Å²) in [5.41, 5.74) is 0.866. The Morgan fingerprint density at radius 1 is 1.18 bits per heavy atom. The summed E-state index contributed by atoms with van der Waals surface area (Å²) in [4.78, 5) is 12.6. The van der Waals surface area contributed by atoms with Crippen molar-refractivity contribution in [1.82, 2.24) is 10.0 Å². The van der Waals surface area contributed by atoms with E-state index < -0.39 is 15.9 Å². The third-order valence-corrected chi connectivity index (χ3v) is 5.77. The Kier molecular flexibility index (Phi) is 7.93. The number of rotatable bonds is 7. The number of halogens is 1. The van der Waals surface area contributed by atoms with Crippen molar-refractivity contribution in [2.24, 2.45) is 0 Å². The summed E-state index contributed by atoms with van der Waals surface area (Å²) in [6.45, 7) is 2.26. The van der Waals surface area contributed by atoms with E-state index in [0.29, 0.717) is 30.0 Å². The number of benzene rings is 2. The molecule has 0 fully saturated rings. The number of anilines is 1. The van der Waals surface area contributed by atoms with E-state index in [0.717, 1.165) is 4.47 Å². The van der Waals surface area contributed by atoms with Gasteiger partial charge in [-0.15, -0.1) is 0 Å². The summed E-state index contributed by atoms with van der Waals surface area (Å²) < 4.78 is 32.6. The van der Waals surface area contributed by atoms with Crippen LogP contribution >= 0.6 is 28.1 Å². The van der Waals surface area contributed by atoms with E-state index >= 15 is 0 Å². The van der Waals surface area contributed by atoms with Gasteiger partial charge in [-0.3, -0.25) is 10.1 Å². The summed E-state index contributed by atoms with van der Waals surface area (Å²) in [5, 5.41) is 5.49. The lowest BCUT2D eigenvalue weighted by atomic mass is 10.2. The molecule has 10 heteroatoms. The van der Waals surface area contributed by atoms with Crippen LogP contribution in [0.4, 0.5) is 5.69 Å². The standard InChI is InChI=1S/C18H20BrN3O4S2/c1-3-10-20-28(24,25)14-7-5-13(6-8-14)21-18(27)22-17(23)15-11-12(19)4-9-16(15)26-2/h4-9,11,20H,3,10H2,1-2H3,(H2,21,22,23,27). The van der Waals surface area contributed by atoms with Crippen molar-refractivity contribution in [3.63, 3.8) is 0 Å². The Morgan fingerprint density at radius 2 is 1.86 bits per heavy atom. The lowest BCUT2D eigenvalue weighted by molar-refractivity contribution is 0.0974. The molecule has 0 saturated heterocycles. The number of carbonyl (C=O) groups is 1. The fourth-order valence-corrected chi connectivity index (χ4v) is 3.93. The molecule has 3 N–H and O–H groups in total. The molecule has 150 valence electrons. The number of nitrogens with one attached hydrogen (secondary N) is 3. The predicted molar refractivity (Wildman–Crippen MR) is 116 cm³/mol. The van der Waals surface area contributed by atoms with Gasteiger partial charge < -0.3 is 10.1 Å². The topological polar surface area (TPSA) is 96.5 Å². The highest BCUT2D eigenvalue weighted by Crippen LogP contribution is 2.23. The van der Waals surface area contributed by atoms with Crippen LogP contribution in [0.15, 0.2) is 51.8 Å². The molecule has 0 bridgehead atoms. The minimum absolute atomic E-state index is 0.0757. The molecular formula is C18H20BrN3O4S2. The van der Waals surface area contributed by atoms with E-state index in [1.54, 1.807) is 30.3 Å². The van der Waals surface area contributed by atoms with Gasteiger partial charge in [-0.05, 0) is 61.1 Å². The fourth-order valence-electron chi connectivity index (χ4n) is 2.23. The molecule has 0 aliphatic carbocycles. The number of sulfonamides is 1. The van der Waals surface area contributed by atoms with E-state index in [-0.39, 0.29) is 10.0 Å². The molecule has 0 saturated carbocycles. The first kappa shape index (κ1) is 22.3. The van der Waals surface area contributed by atoms with Gasteiger partial charge in [-0.25, -0.2) is 13.1 Å². The molecule has 0 heterocycles. The van der Waals surface area contributed by atoms with Crippen molar-refractivity contribution in [1.29, 1.82) is 0 Å². The number of thiocarbonyl (C=S) groups is 1. The highest BCUT2D eigenvalue weighted by Gasteiger charge is 2.15. The van der Waals surface area contributed by atoms with Gasteiger partial charge in [-0.1, -0.05) is 22.9 Å². The van der Waals surface area contributed by atoms with Gasteiger partial charge in [0.25, 0.3) is 5.91 Å². The van der Waals surface area contributed by atoms with Crippen LogP contribution in [0.5, 0.6) is 5.75 Å². The zero-order chi connectivity index (χ0) is 20.7. The highest BCUT2D eigenvalue weighted by atomic mass is 79.9. The van der Waals surface area contributed by atoms with E-state index in [1.165, 1.54) is 19.2 Å².